The number of carbonyl (C=O) groups is 1. The van der Waals surface area contributed by atoms with E-state index in [2.05, 4.69) is 4.98 Å². The summed E-state index contributed by atoms with van der Waals surface area (Å²) >= 11 is 0. The van der Waals surface area contributed by atoms with Crippen molar-refractivity contribution in [2.75, 3.05) is 7.11 Å². The van der Waals surface area contributed by atoms with Crippen LogP contribution in [0.2, 0.25) is 0 Å². The van der Waals surface area contributed by atoms with Gasteiger partial charge in [-0.15, -0.1) is 0 Å². The van der Waals surface area contributed by atoms with Crippen molar-refractivity contribution in [1.29, 1.82) is 0 Å². The molecule has 0 bridgehead atoms. The van der Waals surface area contributed by atoms with Crippen LogP contribution < -0.4 is 0 Å². The van der Waals surface area contributed by atoms with Crippen LogP contribution in [0.15, 0.2) is 36.5 Å². The van der Waals surface area contributed by atoms with Crippen LogP contribution in [0.3, 0.4) is 0 Å². The van der Waals surface area contributed by atoms with Gasteiger partial charge in [-0.05, 0) is 53.9 Å². The molecular weight excluding hydrogens is 242 g/mol. The Labute approximate surface area is 111 Å². The molecule has 4 heteroatoms. The molecule has 1 aromatic carbocycles. The second-order valence-corrected chi connectivity index (χ2v) is 4.25. The largest absolute Gasteiger partial charge is 0.465 e. The Morgan fingerprint density at radius 1 is 1.26 bits per heavy atom. The molecule has 0 aliphatic heterocycles. The number of aryl methyl sites for hydroxylation is 1. The fourth-order valence-electron chi connectivity index (χ4n) is 1.91. The molecule has 0 amide bonds. The van der Waals surface area contributed by atoms with Gasteiger partial charge in [-0.1, -0.05) is 0 Å². The lowest BCUT2D eigenvalue weighted by Crippen LogP contribution is -2.02. The van der Waals surface area contributed by atoms with E-state index in [9.17, 15) is 9.90 Å². The fraction of sp³-hybridized carbons (Fsp3) is 0.200. The molecule has 0 atom stereocenters. The minimum Gasteiger partial charge on any atom is -0.465 e. The van der Waals surface area contributed by atoms with Crippen LogP contribution in [0.1, 0.15) is 21.6 Å². The Bertz CT molecular complexity index is 608. The third-order valence-corrected chi connectivity index (χ3v) is 2.83. The molecule has 19 heavy (non-hydrogen) atoms. The van der Waals surface area contributed by atoms with Crippen LogP contribution in [-0.4, -0.2) is 23.2 Å². The molecule has 0 fully saturated rings. The first kappa shape index (κ1) is 13.2. The predicted molar refractivity (Wildman–Crippen MR) is 71.7 cm³/mol. The van der Waals surface area contributed by atoms with Crippen molar-refractivity contribution in [3.05, 3.63) is 53.3 Å². The van der Waals surface area contributed by atoms with E-state index in [0.717, 1.165) is 16.8 Å². The molecule has 1 aromatic heterocycles. The normalized spacial score (nSPS) is 10.3. The zero-order valence-corrected chi connectivity index (χ0v) is 10.9. The number of rotatable bonds is 3. The first-order valence-electron chi connectivity index (χ1n) is 5.90. The van der Waals surface area contributed by atoms with Crippen LogP contribution in [0.4, 0.5) is 0 Å². The van der Waals surface area contributed by atoms with Gasteiger partial charge in [0.2, 0.25) is 0 Å². The quantitative estimate of drug-likeness (QED) is 0.857. The van der Waals surface area contributed by atoms with Gasteiger partial charge < -0.3 is 9.84 Å². The molecule has 4 nitrogen and oxygen atoms in total. The number of carbonyl (C=O) groups excluding carboxylic acids is 1. The number of hydrogen-bond acceptors (Lipinski definition) is 4. The lowest BCUT2D eigenvalue weighted by atomic mass is 10.00. The minimum atomic E-state index is -0.415. The maximum atomic E-state index is 11.6. The molecule has 0 saturated heterocycles. The van der Waals surface area contributed by atoms with Crippen LogP contribution in [0, 0.1) is 6.92 Å². The lowest BCUT2D eigenvalue weighted by Gasteiger charge is -2.08. The van der Waals surface area contributed by atoms with Gasteiger partial charge in [-0.25, -0.2) is 4.79 Å². The van der Waals surface area contributed by atoms with Crippen molar-refractivity contribution < 1.29 is 14.6 Å². The van der Waals surface area contributed by atoms with Gasteiger partial charge in [0.15, 0.2) is 0 Å². The molecule has 0 spiro atoms. The Balaban J connectivity index is 2.53. The number of esters is 1. The number of ether oxygens (including phenoxy) is 1. The lowest BCUT2D eigenvalue weighted by molar-refractivity contribution is 0.0600. The summed E-state index contributed by atoms with van der Waals surface area (Å²) in [7, 11) is 1.34. The topological polar surface area (TPSA) is 59.4 Å². The highest BCUT2D eigenvalue weighted by molar-refractivity contribution is 5.91. The zero-order valence-electron chi connectivity index (χ0n) is 10.9. The number of aromatic nitrogens is 1. The highest BCUT2D eigenvalue weighted by Crippen LogP contribution is 2.23. The smallest absolute Gasteiger partial charge is 0.337 e. The van der Waals surface area contributed by atoms with Crippen molar-refractivity contribution in [2.24, 2.45) is 0 Å². The summed E-state index contributed by atoms with van der Waals surface area (Å²) in [5, 5.41) is 9.28. The van der Waals surface area contributed by atoms with Crippen molar-refractivity contribution in [2.45, 2.75) is 13.5 Å². The summed E-state index contributed by atoms with van der Waals surface area (Å²) in [6.07, 6.45) is 1.72. The van der Waals surface area contributed by atoms with Gasteiger partial charge in [-0.2, -0.15) is 0 Å². The van der Waals surface area contributed by atoms with Crippen LogP contribution in [0.5, 0.6) is 0 Å². The van der Waals surface area contributed by atoms with E-state index in [4.69, 9.17) is 4.74 Å². The van der Waals surface area contributed by atoms with Gasteiger partial charge in [0.25, 0.3) is 0 Å². The molecular formula is C15H15NO3. The maximum Gasteiger partial charge on any atom is 0.337 e. The summed E-state index contributed by atoms with van der Waals surface area (Å²) < 4.78 is 4.72. The number of methoxy groups -OCH3 is 1. The Morgan fingerprint density at radius 3 is 2.68 bits per heavy atom. The second-order valence-electron chi connectivity index (χ2n) is 4.25. The SMILES string of the molecule is COC(=O)c1cc(CO)cc(-c2ccnc(C)c2)c1. The van der Waals surface area contributed by atoms with Crippen molar-refractivity contribution in [1.82, 2.24) is 4.98 Å². The summed E-state index contributed by atoms with van der Waals surface area (Å²) in [6, 6.07) is 9.02. The van der Waals surface area contributed by atoms with E-state index in [1.54, 1.807) is 18.3 Å². The molecule has 0 saturated carbocycles. The number of hydrogen-bond donors (Lipinski definition) is 1. The van der Waals surface area contributed by atoms with Gasteiger partial charge in [0, 0.05) is 11.9 Å². The number of pyridine rings is 1. The third-order valence-electron chi connectivity index (χ3n) is 2.83. The van der Waals surface area contributed by atoms with Crippen molar-refractivity contribution in [3.8, 4) is 11.1 Å². The monoisotopic (exact) mass is 257 g/mol. The van der Waals surface area contributed by atoms with E-state index >= 15 is 0 Å². The summed E-state index contributed by atoms with van der Waals surface area (Å²) in [4.78, 5) is 15.8. The van der Waals surface area contributed by atoms with Gasteiger partial charge in [-0.3, -0.25) is 4.98 Å². The standard InChI is InChI=1S/C15H15NO3/c1-10-5-12(3-4-16-10)13-6-11(9-17)7-14(8-13)15(18)19-2/h3-8,17H,9H2,1-2H3. The van der Waals surface area contributed by atoms with Gasteiger partial charge in [0.05, 0.1) is 19.3 Å². The van der Waals surface area contributed by atoms with E-state index in [1.807, 2.05) is 25.1 Å². The zero-order chi connectivity index (χ0) is 13.8. The fourth-order valence-corrected chi connectivity index (χ4v) is 1.91. The number of aliphatic hydroxyl groups is 1. The Kier molecular flexibility index (Phi) is 3.92. The van der Waals surface area contributed by atoms with Crippen molar-refractivity contribution >= 4 is 5.97 Å². The van der Waals surface area contributed by atoms with E-state index in [1.165, 1.54) is 7.11 Å². The average Bonchev–Trinajstić information content (AvgIpc) is 2.45. The van der Waals surface area contributed by atoms with E-state index in [-0.39, 0.29) is 6.61 Å². The molecule has 1 N–H and O–H groups in total. The summed E-state index contributed by atoms with van der Waals surface area (Å²) in [5.41, 5.74) is 3.81. The molecule has 0 radical (unpaired) electrons. The molecule has 98 valence electrons. The van der Waals surface area contributed by atoms with Gasteiger partial charge >= 0.3 is 5.97 Å². The Morgan fingerprint density at radius 2 is 2.05 bits per heavy atom. The average molecular weight is 257 g/mol. The van der Waals surface area contributed by atoms with Crippen molar-refractivity contribution in [3.63, 3.8) is 0 Å². The summed E-state index contributed by atoms with van der Waals surface area (Å²) in [6.45, 7) is 1.78. The van der Waals surface area contributed by atoms with E-state index < -0.39 is 5.97 Å². The molecule has 1 heterocycles. The number of aliphatic hydroxyl groups excluding tert-OH is 1. The van der Waals surface area contributed by atoms with Crippen LogP contribution in [-0.2, 0) is 11.3 Å². The number of benzene rings is 1. The van der Waals surface area contributed by atoms with E-state index in [0.29, 0.717) is 11.1 Å². The molecule has 2 rings (SSSR count). The van der Waals surface area contributed by atoms with Crippen LogP contribution in [0.25, 0.3) is 11.1 Å². The van der Waals surface area contributed by atoms with Gasteiger partial charge in [0.1, 0.15) is 0 Å². The molecule has 0 aliphatic rings. The molecule has 0 aliphatic carbocycles. The highest BCUT2D eigenvalue weighted by atomic mass is 16.5. The maximum absolute atomic E-state index is 11.6. The predicted octanol–water partition coefficient (Wildman–Crippen LogP) is 2.34. The first-order valence-corrected chi connectivity index (χ1v) is 5.90. The summed E-state index contributed by atoms with van der Waals surface area (Å²) in [5.74, 6) is -0.415. The third kappa shape index (κ3) is 2.98. The van der Waals surface area contributed by atoms with Crippen LogP contribution >= 0.6 is 0 Å². The second kappa shape index (κ2) is 5.63. The molecule has 2 aromatic rings. The first-order chi connectivity index (χ1) is 9.13. The minimum absolute atomic E-state index is 0.123. The molecule has 0 unspecified atom stereocenters. The number of nitrogens with zero attached hydrogens (tertiary/aromatic N) is 1. The Hall–Kier alpha value is -2.20. The highest BCUT2D eigenvalue weighted by Gasteiger charge is 2.10.